The summed E-state index contributed by atoms with van der Waals surface area (Å²) in [6.07, 6.45) is 1.67. The second-order valence-corrected chi connectivity index (χ2v) is 7.29. The third kappa shape index (κ3) is 6.33. The molecule has 3 aromatic rings. The highest BCUT2D eigenvalue weighted by atomic mass is 32.1. The van der Waals surface area contributed by atoms with Crippen LogP contribution in [-0.4, -0.2) is 25.0 Å². The molecule has 0 spiro atoms. The van der Waals surface area contributed by atoms with Gasteiger partial charge >= 0.3 is 0 Å². The van der Waals surface area contributed by atoms with E-state index in [0.29, 0.717) is 18.7 Å². The summed E-state index contributed by atoms with van der Waals surface area (Å²) in [4.78, 5) is 26.1. The number of benzene rings is 2. The van der Waals surface area contributed by atoms with Gasteiger partial charge in [0.25, 0.3) is 11.8 Å². The van der Waals surface area contributed by atoms with Gasteiger partial charge in [-0.25, -0.2) is 0 Å². The number of hydrogen-bond donors (Lipinski definition) is 2. The first-order chi connectivity index (χ1) is 14.1. The van der Waals surface area contributed by atoms with Crippen molar-refractivity contribution in [1.29, 1.82) is 0 Å². The Balaban J connectivity index is 1.62. The van der Waals surface area contributed by atoms with Crippen LogP contribution < -0.4 is 15.4 Å². The number of nitrogens with one attached hydrogen (secondary N) is 2. The Kier molecular flexibility index (Phi) is 7.19. The number of aryl methyl sites for hydroxylation is 1. The summed E-state index contributed by atoms with van der Waals surface area (Å²) >= 11 is 1.49. The zero-order chi connectivity index (χ0) is 20.5. The molecule has 0 aliphatic carbocycles. The van der Waals surface area contributed by atoms with Crippen molar-refractivity contribution in [3.8, 4) is 5.75 Å². The molecule has 29 heavy (non-hydrogen) atoms. The average molecular weight is 407 g/mol. The Bertz CT molecular complexity index is 965. The molecule has 148 valence electrons. The maximum atomic E-state index is 12.7. The molecule has 2 amide bonds. The van der Waals surface area contributed by atoms with E-state index >= 15 is 0 Å². The van der Waals surface area contributed by atoms with Crippen LogP contribution in [-0.2, 0) is 4.79 Å². The first-order valence-corrected chi connectivity index (χ1v) is 10.1. The summed E-state index contributed by atoms with van der Waals surface area (Å²) in [6, 6.07) is 20.3. The monoisotopic (exact) mass is 406 g/mol. The fraction of sp³-hybridized carbons (Fsp3) is 0.130. The molecule has 0 atom stereocenters. The number of ether oxygens (including phenoxy) is 1. The molecule has 1 heterocycles. The molecule has 0 fully saturated rings. The number of thiophene rings is 1. The van der Waals surface area contributed by atoms with Crippen LogP contribution in [0.5, 0.6) is 5.75 Å². The van der Waals surface area contributed by atoms with E-state index in [1.54, 1.807) is 18.2 Å². The predicted octanol–water partition coefficient (Wildman–Crippen LogP) is 4.02. The lowest BCUT2D eigenvalue weighted by molar-refractivity contribution is -0.117. The Hall–Kier alpha value is -3.38. The van der Waals surface area contributed by atoms with Crippen molar-refractivity contribution in [3.63, 3.8) is 0 Å². The SMILES string of the molecule is Cc1ccc(C(=O)N/C(=C\c2cccs2)C(=O)NCCOc2ccccc2)cc1. The number of hydrogen-bond acceptors (Lipinski definition) is 4. The molecule has 0 unspecified atom stereocenters. The van der Waals surface area contributed by atoms with Crippen LogP contribution >= 0.6 is 11.3 Å². The van der Waals surface area contributed by atoms with Crippen LogP contribution in [0.15, 0.2) is 77.8 Å². The largest absolute Gasteiger partial charge is 0.492 e. The molecule has 0 saturated carbocycles. The van der Waals surface area contributed by atoms with Gasteiger partial charge in [0.15, 0.2) is 0 Å². The minimum atomic E-state index is -0.365. The molecule has 6 heteroatoms. The summed E-state index contributed by atoms with van der Waals surface area (Å²) < 4.78 is 5.58. The number of para-hydroxylation sites is 1. The number of carbonyl (C=O) groups is 2. The van der Waals surface area contributed by atoms with Crippen molar-refractivity contribution in [2.24, 2.45) is 0 Å². The lowest BCUT2D eigenvalue weighted by Gasteiger charge is -2.12. The van der Waals surface area contributed by atoms with Crippen molar-refractivity contribution in [1.82, 2.24) is 10.6 Å². The number of rotatable bonds is 8. The van der Waals surface area contributed by atoms with Gasteiger partial charge in [0.05, 0.1) is 6.54 Å². The van der Waals surface area contributed by atoms with Crippen LogP contribution in [0.3, 0.4) is 0 Å². The Morgan fingerprint density at radius 1 is 1.00 bits per heavy atom. The Morgan fingerprint density at radius 2 is 1.76 bits per heavy atom. The summed E-state index contributed by atoms with van der Waals surface area (Å²) in [7, 11) is 0. The minimum Gasteiger partial charge on any atom is -0.492 e. The Morgan fingerprint density at radius 3 is 2.45 bits per heavy atom. The quantitative estimate of drug-likeness (QED) is 0.439. The molecule has 3 rings (SSSR count). The maximum Gasteiger partial charge on any atom is 0.267 e. The molecule has 5 nitrogen and oxygen atoms in total. The van der Waals surface area contributed by atoms with E-state index in [-0.39, 0.29) is 17.5 Å². The van der Waals surface area contributed by atoms with E-state index in [1.807, 2.05) is 66.9 Å². The molecule has 0 bridgehead atoms. The van der Waals surface area contributed by atoms with Crippen molar-refractivity contribution >= 4 is 29.2 Å². The fourth-order valence-electron chi connectivity index (χ4n) is 2.52. The van der Waals surface area contributed by atoms with Gasteiger partial charge in [0.1, 0.15) is 18.1 Å². The number of carbonyl (C=O) groups excluding carboxylic acids is 2. The highest BCUT2D eigenvalue weighted by Gasteiger charge is 2.14. The molecule has 0 radical (unpaired) electrons. The van der Waals surface area contributed by atoms with Gasteiger partial charge in [-0.3, -0.25) is 9.59 Å². The van der Waals surface area contributed by atoms with Crippen LogP contribution in [0, 0.1) is 6.92 Å². The second-order valence-electron chi connectivity index (χ2n) is 6.31. The van der Waals surface area contributed by atoms with E-state index in [2.05, 4.69) is 10.6 Å². The van der Waals surface area contributed by atoms with Crippen LogP contribution in [0.1, 0.15) is 20.8 Å². The van der Waals surface area contributed by atoms with Crippen molar-refractivity contribution < 1.29 is 14.3 Å². The van der Waals surface area contributed by atoms with Crippen molar-refractivity contribution in [2.75, 3.05) is 13.2 Å². The molecule has 2 aromatic carbocycles. The highest BCUT2D eigenvalue weighted by Crippen LogP contribution is 2.13. The average Bonchev–Trinajstić information content (AvgIpc) is 3.25. The predicted molar refractivity (Wildman–Crippen MR) is 116 cm³/mol. The van der Waals surface area contributed by atoms with E-state index in [1.165, 1.54) is 11.3 Å². The minimum absolute atomic E-state index is 0.192. The second kappa shape index (κ2) is 10.2. The zero-order valence-corrected chi connectivity index (χ0v) is 16.9. The molecular weight excluding hydrogens is 384 g/mol. The smallest absolute Gasteiger partial charge is 0.267 e. The third-order valence-corrected chi connectivity index (χ3v) is 4.86. The standard InChI is InChI=1S/C23H22N2O3S/c1-17-9-11-18(12-10-17)22(26)25-21(16-20-8-5-15-29-20)23(27)24-13-14-28-19-6-3-2-4-7-19/h2-12,15-16H,13-14H2,1H3,(H,24,27)(H,25,26)/b21-16-. The first-order valence-electron chi connectivity index (χ1n) is 9.21. The van der Waals surface area contributed by atoms with Gasteiger partial charge in [-0.05, 0) is 48.7 Å². The van der Waals surface area contributed by atoms with Gasteiger partial charge in [-0.15, -0.1) is 11.3 Å². The molecule has 0 aliphatic heterocycles. The van der Waals surface area contributed by atoms with Crippen LogP contribution in [0.2, 0.25) is 0 Å². The third-order valence-electron chi connectivity index (χ3n) is 4.04. The normalized spacial score (nSPS) is 11.0. The topological polar surface area (TPSA) is 67.4 Å². The molecule has 2 N–H and O–H groups in total. The van der Waals surface area contributed by atoms with Crippen LogP contribution in [0.4, 0.5) is 0 Å². The molecule has 0 aliphatic rings. The molecule has 1 aromatic heterocycles. The Labute approximate surface area is 174 Å². The van der Waals surface area contributed by atoms with Gasteiger partial charge < -0.3 is 15.4 Å². The summed E-state index contributed by atoms with van der Waals surface area (Å²) in [5.74, 6) is 0.0442. The van der Waals surface area contributed by atoms with Crippen LogP contribution in [0.25, 0.3) is 6.08 Å². The lowest BCUT2D eigenvalue weighted by Crippen LogP contribution is -2.36. The molecule has 0 saturated heterocycles. The number of amides is 2. The summed E-state index contributed by atoms with van der Waals surface area (Å²) in [6.45, 7) is 2.60. The van der Waals surface area contributed by atoms with Gasteiger partial charge in [0.2, 0.25) is 0 Å². The highest BCUT2D eigenvalue weighted by molar-refractivity contribution is 7.10. The van der Waals surface area contributed by atoms with E-state index in [0.717, 1.165) is 16.2 Å². The van der Waals surface area contributed by atoms with Gasteiger partial charge in [-0.1, -0.05) is 42.0 Å². The maximum absolute atomic E-state index is 12.7. The lowest BCUT2D eigenvalue weighted by atomic mass is 10.1. The fourth-order valence-corrected chi connectivity index (χ4v) is 3.18. The zero-order valence-electron chi connectivity index (χ0n) is 16.1. The van der Waals surface area contributed by atoms with Crippen molar-refractivity contribution in [3.05, 3.63) is 93.8 Å². The van der Waals surface area contributed by atoms with E-state index in [4.69, 9.17) is 4.74 Å². The van der Waals surface area contributed by atoms with Crippen molar-refractivity contribution in [2.45, 2.75) is 6.92 Å². The summed E-state index contributed by atoms with van der Waals surface area (Å²) in [5.41, 5.74) is 1.75. The first kappa shape index (κ1) is 20.4. The summed E-state index contributed by atoms with van der Waals surface area (Å²) in [5, 5.41) is 7.43. The van der Waals surface area contributed by atoms with Gasteiger partial charge in [0, 0.05) is 10.4 Å². The molecular formula is C23H22N2O3S. The van der Waals surface area contributed by atoms with Gasteiger partial charge in [-0.2, -0.15) is 0 Å². The van der Waals surface area contributed by atoms with E-state index < -0.39 is 0 Å². The van der Waals surface area contributed by atoms with E-state index in [9.17, 15) is 9.59 Å².